The number of hydrogen-bond acceptors (Lipinski definition) is 9. The van der Waals surface area contributed by atoms with Crippen LogP contribution in [-0.2, 0) is 35.2 Å². The summed E-state index contributed by atoms with van der Waals surface area (Å²) in [6, 6.07) is 4.87. The second kappa shape index (κ2) is 22.4. The molecule has 5 amide bonds. The number of nitrogens with one attached hydrogen (secondary N) is 5. The van der Waals surface area contributed by atoms with Crippen LogP contribution in [0.3, 0.4) is 0 Å². The third-order valence-electron chi connectivity index (χ3n) is 7.01. The molecule has 0 aromatic heterocycles. The lowest BCUT2D eigenvalue weighted by Gasteiger charge is -2.24. The molecule has 0 unspecified atom stereocenters. The first-order valence-electron chi connectivity index (χ1n) is 15.7. The molecule has 1 aromatic rings. The number of benzene rings is 1. The van der Waals surface area contributed by atoms with Crippen molar-refractivity contribution in [1.29, 1.82) is 0 Å². The van der Waals surface area contributed by atoms with Gasteiger partial charge in [-0.3, -0.25) is 24.0 Å². The molecule has 46 heavy (non-hydrogen) atoms. The molecular formula is C31H52N8O7. The van der Waals surface area contributed by atoms with E-state index < -0.39 is 72.8 Å². The molecule has 15 heteroatoms. The van der Waals surface area contributed by atoms with Crippen LogP contribution >= 0.6 is 0 Å². The van der Waals surface area contributed by atoms with Gasteiger partial charge in [0.2, 0.25) is 29.5 Å². The fourth-order valence-corrected chi connectivity index (χ4v) is 4.50. The van der Waals surface area contributed by atoms with Crippen molar-refractivity contribution >= 4 is 35.5 Å². The average Bonchev–Trinajstić information content (AvgIpc) is 3.01. The molecule has 0 aliphatic heterocycles. The van der Waals surface area contributed by atoms with E-state index in [9.17, 15) is 33.9 Å². The highest BCUT2D eigenvalue weighted by molar-refractivity contribution is 5.95. The van der Waals surface area contributed by atoms with E-state index in [1.807, 2.05) is 13.8 Å². The lowest BCUT2D eigenvalue weighted by Crippen LogP contribution is -2.56. The maximum Gasteiger partial charge on any atom is 0.326 e. The van der Waals surface area contributed by atoms with E-state index in [1.54, 1.807) is 30.3 Å². The van der Waals surface area contributed by atoms with Gasteiger partial charge in [-0.25, -0.2) is 4.79 Å². The quantitative estimate of drug-likeness (QED) is 0.0629. The number of carbonyl (C=O) groups is 6. The summed E-state index contributed by atoms with van der Waals surface area (Å²) in [7, 11) is 0. The van der Waals surface area contributed by atoms with Gasteiger partial charge in [0.05, 0.1) is 19.1 Å². The summed E-state index contributed by atoms with van der Waals surface area (Å²) in [4.78, 5) is 75.6. The van der Waals surface area contributed by atoms with Crippen molar-refractivity contribution in [3.8, 4) is 0 Å². The van der Waals surface area contributed by atoms with Crippen molar-refractivity contribution in [1.82, 2.24) is 26.6 Å². The number of aliphatic carboxylic acids is 1. The van der Waals surface area contributed by atoms with Gasteiger partial charge >= 0.3 is 5.97 Å². The van der Waals surface area contributed by atoms with Gasteiger partial charge in [-0.1, -0.05) is 50.6 Å². The van der Waals surface area contributed by atoms with E-state index in [0.29, 0.717) is 38.8 Å². The van der Waals surface area contributed by atoms with Gasteiger partial charge in [-0.15, -0.1) is 0 Å². The molecule has 0 fully saturated rings. The molecule has 0 saturated carbocycles. The second-order valence-electron chi connectivity index (χ2n) is 11.6. The van der Waals surface area contributed by atoms with Gasteiger partial charge in [0.25, 0.3) is 0 Å². The number of amides is 5. The first kappa shape index (κ1) is 39.9. The molecule has 0 aliphatic carbocycles. The molecule has 0 spiro atoms. The van der Waals surface area contributed by atoms with Crippen LogP contribution in [0.1, 0.15) is 64.4 Å². The number of carbonyl (C=O) groups excluding carboxylic acids is 5. The van der Waals surface area contributed by atoms with E-state index in [4.69, 9.17) is 17.2 Å². The van der Waals surface area contributed by atoms with Gasteiger partial charge in [-0.2, -0.15) is 0 Å². The molecule has 15 nitrogen and oxygen atoms in total. The van der Waals surface area contributed by atoms with E-state index in [1.165, 1.54) is 0 Å². The molecule has 1 rings (SSSR count). The Morgan fingerprint density at radius 3 is 1.78 bits per heavy atom. The molecular weight excluding hydrogens is 596 g/mol. The van der Waals surface area contributed by atoms with Crippen LogP contribution in [0.15, 0.2) is 30.3 Å². The van der Waals surface area contributed by atoms with Crippen molar-refractivity contribution in [2.45, 2.75) is 89.4 Å². The van der Waals surface area contributed by atoms with Gasteiger partial charge in [0.1, 0.15) is 18.1 Å². The standard InChI is InChI=1S/C31H52N8O7/c1-20(2)16-24(29(43)36-19-26(40)37-23(31(45)46)13-7-9-15-33)39-30(44)25(17-21-10-4-3-5-11-21)38-27(41)18-35-28(42)22(34)12-6-8-14-32/h3-5,10-11,20,22-25H,6-9,12-19,32-34H2,1-2H3,(H,35,42)(H,36,43)(H,37,40)(H,38,41)(H,39,44)(H,45,46)/t22-,23-,24-,25-/m0/s1. The molecule has 12 N–H and O–H groups in total. The van der Waals surface area contributed by atoms with Gasteiger partial charge in [0, 0.05) is 6.42 Å². The third kappa shape index (κ3) is 16.8. The van der Waals surface area contributed by atoms with Crippen molar-refractivity contribution in [3.05, 3.63) is 35.9 Å². The van der Waals surface area contributed by atoms with Crippen LogP contribution in [0.2, 0.25) is 0 Å². The minimum absolute atomic E-state index is 0.0322. The number of hydrogen-bond donors (Lipinski definition) is 9. The first-order chi connectivity index (χ1) is 21.9. The molecule has 0 saturated heterocycles. The summed E-state index contributed by atoms with van der Waals surface area (Å²) in [5, 5.41) is 22.0. The fraction of sp³-hybridized carbons (Fsp3) is 0.613. The minimum Gasteiger partial charge on any atom is -0.480 e. The summed E-state index contributed by atoms with van der Waals surface area (Å²) in [6.07, 6.45) is 3.45. The maximum atomic E-state index is 13.5. The predicted octanol–water partition coefficient (Wildman–Crippen LogP) is -1.37. The van der Waals surface area contributed by atoms with Crippen LogP contribution in [0, 0.1) is 5.92 Å². The maximum absolute atomic E-state index is 13.5. The summed E-state index contributed by atoms with van der Waals surface area (Å²) in [6.45, 7) is 3.68. The second-order valence-corrected chi connectivity index (χ2v) is 11.6. The van der Waals surface area contributed by atoms with E-state index in [0.717, 1.165) is 12.0 Å². The molecule has 258 valence electrons. The zero-order valence-corrected chi connectivity index (χ0v) is 26.9. The van der Waals surface area contributed by atoms with Crippen LogP contribution < -0.4 is 43.8 Å². The molecule has 4 atom stereocenters. The summed E-state index contributed by atoms with van der Waals surface area (Å²) in [5.41, 5.74) is 17.5. The number of unbranched alkanes of at least 4 members (excludes halogenated alkanes) is 2. The largest absolute Gasteiger partial charge is 0.480 e. The predicted molar refractivity (Wildman–Crippen MR) is 173 cm³/mol. The van der Waals surface area contributed by atoms with Crippen LogP contribution in [0.25, 0.3) is 0 Å². The molecule has 0 radical (unpaired) electrons. The topological polar surface area (TPSA) is 261 Å². The van der Waals surface area contributed by atoms with Gasteiger partial charge in [0.15, 0.2) is 0 Å². The Morgan fingerprint density at radius 1 is 0.696 bits per heavy atom. The third-order valence-corrected chi connectivity index (χ3v) is 7.01. The zero-order valence-electron chi connectivity index (χ0n) is 26.9. The lowest BCUT2D eigenvalue weighted by atomic mass is 10.0. The van der Waals surface area contributed by atoms with E-state index >= 15 is 0 Å². The Hall–Kier alpha value is -4.08. The molecule has 1 aromatic carbocycles. The van der Waals surface area contributed by atoms with Gasteiger partial charge in [-0.05, 0) is 63.1 Å². The van der Waals surface area contributed by atoms with Crippen molar-refractivity contribution in [3.63, 3.8) is 0 Å². The van der Waals surface area contributed by atoms with Crippen LogP contribution in [0.5, 0.6) is 0 Å². The highest BCUT2D eigenvalue weighted by Gasteiger charge is 2.28. The number of rotatable bonds is 23. The molecule has 0 bridgehead atoms. The fourth-order valence-electron chi connectivity index (χ4n) is 4.50. The number of carboxylic acids is 1. The Balaban J connectivity index is 2.90. The highest BCUT2D eigenvalue weighted by atomic mass is 16.4. The number of nitrogens with two attached hydrogens (primary N) is 3. The lowest BCUT2D eigenvalue weighted by molar-refractivity contribution is -0.142. The van der Waals surface area contributed by atoms with Gasteiger partial charge < -0.3 is 48.9 Å². The van der Waals surface area contributed by atoms with Crippen LogP contribution in [-0.4, -0.2) is 91.0 Å². The Kier molecular flexibility index (Phi) is 19.5. The van der Waals surface area contributed by atoms with Crippen molar-refractivity contribution in [2.24, 2.45) is 23.1 Å². The zero-order chi connectivity index (χ0) is 34.5. The Morgan fingerprint density at radius 2 is 1.24 bits per heavy atom. The van der Waals surface area contributed by atoms with Crippen molar-refractivity contribution < 1.29 is 33.9 Å². The summed E-state index contributed by atoms with van der Waals surface area (Å²) < 4.78 is 0. The van der Waals surface area contributed by atoms with Crippen molar-refractivity contribution in [2.75, 3.05) is 26.2 Å². The molecule has 0 heterocycles. The monoisotopic (exact) mass is 648 g/mol. The average molecular weight is 649 g/mol. The van der Waals surface area contributed by atoms with E-state index in [-0.39, 0.29) is 25.2 Å². The Labute approximate surface area is 270 Å². The van der Waals surface area contributed by atoms with E-state index in [2.05, 4.69) is 26.6 Å². The summed E-state index contributed by atoms with van der Waals surface area (Å²) in [5.74, 6) is -4.34. The number of carboxylic acid groups (broad SMARTS) is 1. The SMILES string of the molecule is CC(C)C[C@H](NC(=O)[C@H](Cc1ccccc1)NC(=O)CNC(=O)[C@@H](N)CCCCN)C(=O)NCC(=O)N[C@@H](CCCCN)C(=O)O. The Bertz CT molecular complexity index is 1120. The smallest absolute Gasteiger partial charge is 0.326 e. The minimum atomic E-state index is -1.20. The first-order valence-corrected chi connectivity index (χ1v) is 15.7. The van der Waals surface area contributed by atoms with Crippen LogP contribution in [0.4, 0.5) is 0 Å². The summed E-state index contributed by atoms with van der Waals surface area (Å²) >= 11 is 0. The molecule has 0 aliphatic rings. The highest BCUT2D eigenvalue weighted by Crippen LogP contribution is 2.08. The normalized spacial score (nSPS) is 13.5.